The summed E-state index contributed by atoms with van der Waals surface area (Å²) in [6, 6.07) is 0. The van der Waals surface area contributed by atoms with Crippen molar-refractivity contribution in [2.45, 2.75) is 84.0 Å². The molecule has 0 heterocycles. The Labute approximate surface area is 121 Å². The summed E-state index contributed by atoms with van der Waals surface area (Å²) in [4.78, 5) is 8.42. The lowest BCUT2D eigenvalue weighted by molar-refractivity contribution is -1.32. The molecule has 0 aliphatic rings. The van der Waals surface area contributed by atoms with E-state index in [-0.39, 0.29) is 11.9 Å². The fourth-order valence-corrected chi connectivity index (χ4v) is 2.09. The molecule has 0 aromatic rings. The Morgan fingerprint density at radius 2 is 1.10 bits per heavy atom. The second-order valence-corrected chi connectivity index (χ2v) is 5.25. The smallest absolute Gasteiger partial charge is 0.413 e. The number of nitrogens with zero attached hydrogens (tertiary/aromatic N) is 1. The van der Waals surface area contributed by atoms with Gasteiger partial charge in [0.15, 0.2) is 4.97 Å². The number of amides is 1. The topological polar surface area (TPSA) is 108 Å². The highest BCUT2D eigenvalue weighted by molar-refractivity contribution is 5.66. The van der Waals surface area contributed by atoms with Crippen LogP contribution in [-0.4, -0.2) is 32.0 Å². The Morgan fingerprint density at radius 3 is 1.45 bits per heavy atom. The summed E-state index contributed by atoms with van der Waals surface area (Å²) in [5.41, 5.74) is 0. The van der Waals surface area contributed by atoms with E-state index < -0.39 is 10.9 Å². The molecule has 0 unspecified atom stereocenters. The van der Waals surface area contributed by atoms with E-state index in [4.69, 9.17) is 15.6 Å². The maximum Gasteiger partial charge on any atom is 0.413 e. The summed E-state index contributed by atoms with van der Waals surface area (Å²) in [5, 5.41) is 25.6. The van der Waals surface area contributed by atoms with Gasteiger partial charge in [-0.1, -0.05) is 71.1 Å². The summed E-state index contributed by atoms with van der Waals surface area (Å²) >= 11 is 0. The largest absolute Gasteiger partial charge is 0.870 e. The van der Waals surface area contributed by atoms with E-state index in [2.05, 4.69) is 6.92 Å². The summed E-state index contributed by atoms with van der Waals surface area (Å²) in [6.07, 6.45) is 12.9. The van der Waals surface area contributed by atoms with E-state index >= 15 is 0 Å². The van der Waals surface area contributed by atoms with Crippen LogP contribution in [0.4, 0.5) is 0 Å². The lowest BCUT2D eigenvalue weighted by Crippen LogP contribution is -2.43. The first-order chi connectivity index (χ1) is 8.98. The Morgan fingerprint density at radius 1 is 0.750 bits per heavy atom. The van der Waals surface area contributed by atoms with Gasteiger partial charge in [0.05, 0.1) is 6.42 Å². The number of rotatable bonds is 12. The van der Waals surface area contributed by atoms with Crippen LogP contribution in [0.5, 0.6) is 0 Å². The Balaban J connectivity index is 0. The van der Waals surface area contributed by atoms with Crippen LogP contribution < -0.4 is 0 Å². The van der Waals surface area contributed by atoms with Crippen LogP contribution in [0.2, 0.25) is 0 Å². The first-order valence-corrected chi connectivity index (χ1v) is 7.59. The molecule has 122 valence electrons. The highest BCUT2D eigenvalue weighted by Crippen LogP contribution is 2.12. The van der Waals surface area contributed by atoms with Crippen molar-refractivity contribution >= 4 is 5.91 Å². The molecule has 0 atom stereocenters. The van der Waals surface area contributed by atoms with Crippen molar-refractivity contribution in [3.8, 4) is 0 Å². The molecule has 0 saturated carbocycles. The zero-order valence-electron chi connectivity index (χ0n) is 12.6. The minimum absolute atomic E-state index is 0. The molecule has 0 rings (SSSR count). The van der Waals surface area contributed by atoms with Gasteiger partial charge >= 0.3 is 5.91 Å². The number of quaternary nitrogens is 1. The molecule has 0 radical (unpaired) electrons. The summed E-state index contributed by atoms with van der Waals surface area (Å²) in [6.45, 7) is 2.22. The first-order valence-electron chi connectivity index (χ1n) is 7.59. The summed E-state index contributed by atoms with van der Waals surface area (Å²) in [5.74, 6) is -0.976. The predicted molar refractivity (Wildman–Crippen MR) is 73.6 cm³/mol. The SMILES string of the molecule is CCCCCCCCCCCCCC(=O)[N+](O)(O)O.[OH-]. The number of carbonyl (C=O) groups excluding carboxylic acids is 1. The van der Waals surface area contributed by atoms with Crippen molar-refractivity contribution < 1.29 is 30.9 Å². The van der Waals surface area contributed by atoms with Crippen LogP contribution >= 0.6 is 0 Å². The molecule has 0 aromatic heterocycles. The molecule has 0 bridgehead atoms. The predicted octanol–water partition coefficient (Wildman–Crippen LogP) is 4.02. The molecular formula is C14H31NO5. The van der Waals surface area contributed by atoms with Gasteiger partial charge in [0.25, 0.3) is 0 Å². The average molecular weight is 293 g/mol. The fourth-order valence-electron chi connectivity index (χ4n) is 2.09. The van der Waals surface area contributed by atoms with Crippen LogP contribution in [0, 0.1) is 0 Å². The second kappa shape index (κ2) is 13.5. The first kappa shape index (κ1) is 21.8. The van der Waals surface area contributed by atoms with Crippen molar-refractivity contribution in [1.82, 2.24) is 0 Å². The molecule has 0 fully saturated rings. The highest BCUT2D eigenvalue weighted by Gasteiger charge is 2.31. The van der Waals surface area contributed by atoms with Gasteiger partial charge in [-0.2, -0.15) is 0 Å². The molecule has 0 aliphatic carbocycles. The Bertz CT molecular complexity index is 228. The lowest BCUT2D eigenvalue weighted by Gasteiger charge is -2.08. The van der Waals surface area contributed by atoms with Crippen molar-refractivity contribution in [3.63, 3.8) is 0 Å². The van der Waals surface area contributed by atoms with Crippen molar-refractivity contribution in [1.29, 1.82) is 0 Å². The van der Waals surface area contributed by atoms with Gasteiger partial charge in [-0.3, -0.25) is 0 Å². The minimum atomic E-state index is -2.53. The third kappa shape index (κ3) is 13.9. The highest BCUT2D eigenvalue weighted by atomic mass is 17.1. The van der Waals surface area contributed by atoms with Crippen LogP contribution in [-0.2, 0) is 4.79 Å². The van der Waals surface area contributed by atoms with E-state index in [1.807, 2.05) is 0 Å². The number of hydroxylamine groups is 3. The summed E-state index contributed by atoms with van der Waals surface area (Å²) < 4.78 is 0. The number of hydrogen-bond donors (Lipinski definition) is 3. The molecule has 0 aromatic carbocycles. The molecule has 1 amide bonds. The zero-order chi connectivity index (χ0) is 14.6. The molecule has 4 N–H and O–H groups in total. The Hall–Kier alpha value is -0.530. The quantitative estimate of drug-likeness (QED) is 0.218. The molecule has 6 heteroatoms. The van der Waals surface area contributed by atoms with Crippen LogP contribution in [0.15, 0.2) is 0 Å². The molecule has 6 nitrogen and oxygen atoms in total. The lowest BCUT2D eigenvalue weighted by atomic mass is 10.1. The minimum Gasteiger partial charge on any atom is -0.870 e. The fraction of sp³-hybridized carbons (Fsp3) is 0.929. The zero-order valence-corrected chi connectivity index (χ0v) is 12.6. The van der Waals surface area contributed by atoms with E-state index in [1.54, 1.807) is 0 Å². The normalized spacial score (nSPS) is 11.2. The number of hydrogen-bond acceptors (Lipinski definition) is 5. The van der Waals surface area contributed by atoms with E-state index in [1.165, 1.54) is 51.4 Å². The van der Waals surface area contributed by atoms with Gasteiger partial charge in [-0.05, 0) is 6.42 Å². The van der Waals surface area contributed by atoms with Crippen LogP contribution in [0.1, 0.15) is 84.0 Å². The molecule has 20 heavy (non-hydrogen) atoms. The van der Waals surface area contributed by atoms with E-state index in [9.17, 15) is 4.79 Å². The summed E-state index contributed by atoms with van der Waals surface area (Å²) in [7, 11) is 0. The van der Waals surface area contributed by atoms with Gasteiger partial charge in [0, 0.05) is 0 Å². The third-order valence-electron chi connectivity index (χ3n) is 3.33. The van der Waals surface area contributed by atoms with Gasteiger partial charge in [-0.15, -0.1) is 15.6 Å². The van der Waals surface area contributed by atoms with Crippen LogP contribution in [0.25, 0.3) is 0 Å². The van der Waals surface area contributed by atoms with E-state index in [0.29, 0.717) is 6.42 Å². The third-order valence-corrected chi connectivity index (χ3v) is 3.33. The standard InChI is InChI=1S/C14H30NO4.H2O/c1-2-3-4-5-6-7-8-9-10-11-12-13-14(16)15(17,18)19;/h17-19H,2-13H2,1H3;1H2/q+1;/p-1. The molecule has 0 saturated heterocycles. The van der Waals surface area contributed by atoms with Gasteiger partial charge < -0.3 is 5.48 Å². The second-order valence-electron chi connectivity index (χ2n) is 5.25. The Kier molecular flexibility index (Phi) is 14.6. The van der Waals surface area contributed by atoms with Crippen molar-refractivity contribution in [2.24, 2.45) is 0 Å². The molecular weight excluding hydrogens is 262 g/mol. The van der Waals surface area contributed by atoms with Gasteiger partial charge in [-0.25, -0.2) is 4.79 Å². The average Bonchev–Trinajstić information content (AvgIpc) is 2.34. The molecule has 0 spiro atoms. The molecule has 0 aliphatic heterocycles. The van der Waals surface area contributed by atoms with Crippen molar-refractivity contribution in [2.75, 3.05) is 0 Å². The number of unbranched alkanes of at least 4 members (excludes halogenated alkanes) is 10. The van der Waals surface area contributed by atoms with E-state index in [0.717, 1.165) is 12.8 Å². The maximum absolute atomic E-state index is 10.9. The monoisotopic (exact) mass is 293 g/mol. The number of carbonyl (C=O) groups is 1. The van der Waals surface area contributed by atoms with Gasteiger partial charge in [0.1, 0.15) is 0 Å². The maximum atomic E-state index is 10.9. The van der Waals surface area contributed by atoms with Gasteiger partial charge in [0.2, 0.25) is 0 Å². The van der Waals surface area contributed by atoms with Crippen LogP contribution in [0.3, 0.4) is 0 Å². The van der Waals surface area contributed by atoms with Crippen molar-refractivity contribution in [3.05, 3.63) is 0 Å².